The van der Waals surface area contributed by atoms with Crippen LogP contribution in [0.2, 0.25) is 0 Å². The van der Waals surface area contributed by atoms with E-state index in [1.54, 1.807) is 6.07 Å². The maximum atomic E-state index is 10.8. The van der Waals surface area contributed by atoms with Crippen LogP contribution in [0.4, 0.5) is 5.69 Å². The first-order valence-electron chi connectivity index (χ1n) is 5.72. The lowest BCUT2D eigenvalue weighted by Gasteiger charge is -2.38. The lowest BCUT2D eigenvalue weighted by atomic mass is 9.89. The minimum absolute atomic E-state index is 0.104. The molecular weight excluding hydrogens is 300 g/mol. The van der Waals surface area contributed by atoms with Crippen molar-refractivity contribution < 1.29 is 9.66 Å². The predicted octanol–water partition coefficient (Wildman–Crippen LogP) is 2.48. The normalized spacial score (nSPS) is 17.2. The third kappa shape index (κ3) is 2.88. The van der Waals surface area contributed by atoms with E-state index in [0.29, 0.717) is 11.0 Å². The molecule has 18 heavy (non-hydrogen) atoms. The van der Waals surface area contributed by atoms with Crippen LogP contribution in [-0.2, 0) is 11.3 Å². The van der Waals surface area contributed by atoms with Crippen LogP contribution in [0, 0.1) is 15.5 Å². The molecule has 1 aromatic carbocycles. The molecule has 1 aromatic rings. The summed E-state index contributed by atoms with van der Waals surface area (Å²) in [5.41, 5.74) is 1.20. The fraction of sp³-hybridized carbons (Fsp3) is 0.500. The molecule has 0 aromatic heterocycles. The van der Waals surface area contributed by atoms with Gasteiger partial charge in [0.1, 0.15) is 0 Å². The fourth-order valence-corrected chi connectivity index (χ4v) is 2.44. The minimum Gasteiger partial charge on any atom is -0.380 e. The third-order valence-corrected chi connectivity index (χ3v) is 3.94. The second-order valence-corrected chi connectivity index (χ2v) is 5.71. The van der Waals surface area contributed by atoms with Gasteiger partial charge in [0.25, 0.3) is 5.69 Å². The van der Waals surface area contributed by atoms with Gasteiger partial charge in [-0.3, -0.25) is 10.1 Å². The summed E-state index contributed by atoms with van der Waals surface area (Å²) in [5, 5.41) is 14.1. The van der Waals surface area contributed by atoms with Gasteiger partial charge in [-0.05, 0) is 21.5 Å². The molecule has 2 rings (SSSR count). The van der Waals surface area contributed by atoms with Gasteiger partial charge in [0.15, 0.2) is 0 Å². The molecule has 0 unspecified atom stereocenters. The summed E-state index contributed by atoms with van der Waals surface area (Å²) in [6.45, 7) is 5.16. The molecule has 0 bridgehead atoms. The summed E-state index contributed by atoms with van der Waals surface area (Å²) >= 11 is 3.29. The Kier molecular flexibility index (Phi) is 3.99. The smallest absolute Gasteiger partial charge is 0.283 e. The summed E-state index contributed by atoms with van der Waals surface area (Å²) in [6.07, 6.45) is 0. The summed E-state index contributed by atoms with van der Waals surface area (Å²) in [7, 11) is 0. The van der Waals surface area contributed by atoms with Crippen molar-refractivity contribution in [1.82, 2.24) is 5.32 Å². The van der Waals surface area contributed by atoms with Crippen LogP contribution in [0.25, 0.3) is 0 Å². The van der Waals surface area contributed by atoms with Gasteiger partial charge >= 0.3 is 0 Å². The van der Waals surface area contributed by atoms with E-state index in [0.717, 1.165) is 25.3 Å². The largest absolute Gasteiger partial charge is 0.380 e. The van der Waals surface area contributed by atoms with Gasteiger partial charge < -0.3 is 10.1 Å². The molecule has 6 heteroatoms. The van der Waals surface area contributed by atoms with E-state index < -0.39 is 0 Å². The standard InChI is InChI=1S/C12H15BrN2O3/c1-12(7-18-8-12)6-14-5-9-3-2-4-10(11(9)13)15(16)17/h2-4,14H,5-8H2,1H3. The van der Waals surface area contributed by atoms with Crippen LogP contribution in [0.15, 0.2) is 22.7 Å². The maximum absolute atomic E-state index is 10.8. The lowest BCUT2D eigenvalue weighted by Crippen LogP contribution is -2.47. The van der Waals surface area contributed by atoms with Gasteiger partial charge in [-0.25, -0.2) is 0 Å². The van der Waals surface area contributed by atoms with Crippen LogP contribution in [0.3, 0.4) is 0 Å². The highest BCUT2D eigenvalue weighted by atomic mass is 79.9. The third-order valence-electron chi connectivity index (χ3n) is 3.02. The van der Waals surface area contributed by atoms with Crippen LogP contribution in [-0.4, -0.2) is 24.7 Å². The highest BCUT2D eigenvalue weighted by molar-refractivity contribution is 9.10. The quantitative estimate of drug-likeness (QED) is 0.670. The average molecular weight is 315 g/mol. The molecule has 98 valence electrons. The van der Waals surface area contributed by atoms with Crippen LogP contribution < -0.4 is 5.32 Å². The zero-order valence-corrected chi connectivity index (χ0v) is 11.7. The Bertz CT molecular complexity index is 461. The molecule has 1 aliphatic heterocycles. The number of ether oxygens (including phenoxy) is 1. The number of hydrogen-bond donors (Lipinski definition) is 1. The van der Waals surface area contributed by atoms with Gasteiger partial charge in [0.2, 0.25) is 0 Å². The van der Waals surface area contributed by atoms with E-state index in [-0.39, 0.29) is 16.0 Å². The van der Waals surface area contributed by atoms with E-state index in [1.807, 2.05) is 6.07 Å². The van der Waals surface area contributed by atoms with Gasteiger partial charge in [-0.1, -0.05) is 19.1 Å². The number of benzene rings is 1. The van der Waals surface area contributed by atoms with Crippen molar-refractivity contribution in [2.75, 3.05) is 19.8 Å². The number of nitro benzene ring substituents is 1. The zero-order chi connectivity index (χ0) is 13.2. The Morgan fingerprint density at radius 3 is 2.83 bits per heavy atom. The van der Waals surface area contributed by atoms with Crippen LogP contribution in [0.1, 0.15) is 12.5 Å². The molecule has 1 N–H and O–H groups in total. The number of nitro groups is 1. The maximum Gasteiger partial charge on any atom is 0.283 e. The van der Waals surface area contributed by atoms with Crippen molar-refractivity contribution in [3.63, 3.8) is 0 Å². The van der Waals surface area contributed by atoms with E-state index in [4.69, 9.17) is 4.74 Å². The first-order chi connectivity index (χ1) is 8.52. The summed E-state index contributed by atoms with van der Waals surface area (Å²) in [5.74, 6) is 0. The molecule has 0 saturated carbocycles. The number of nitrogens with one attached hydrogen (secondary N) is 1. The second kappa shape index (κ2) is 5.34. The Hall–Kier alpha value is -0.980. The molecule has 0 amide bonds. The Balaban J connectivity index is 1.97. The molecule has 1 aliphatic rings. The molecule has 1 fully saturated rings. The second-order valence-electron chi connectivity index (χ2n) is 4.91. The average Bonchev–Trinajstić information content (AvgIpc) is 2.28. The lowest BCUT2D eigenvalue weighted by molar-refractivity contribution is -0.385. The van der Waals surface area contributed by atoms with Crippen molar-refractivity contribution in [1.29, 1.82) is 0 Å². The zero-order valence-electron chi connectivity index (χ0n) is 10.1. The van der Waals surface area contributed by atoms with Crippen LogP contribution >= 0.6 is 15.9 Å². The van der Waals surface area contributed by atoms with Crippen molar-refractivity contribution in [2.24, 2.45) is 5.41 Å². The molecule has 0 aliphatic carbocycles. The number of halogens is 1. The minimum atomic E-state index is -0.380. The molecule has 0 spiro atoms. The SMILES string of the molecule is CC1(CNCc2cccc([N+](=O)[O-])c2Br)COC1. The Labute approximate surface area is 114 Å². The van der Waals surface area contributed by atoms with Gasteiger partial charge in [0, 0.05) is 24.6 Å². The highest BCUT2D eigenvalue weighted by Crippen LogP contribution is 2.29. The number of nitrogens with zero attached hydrogens (tertiary/aromatic N) is 1. The van der Waals surface area contributed by atoms with Gasteiger partial charge in [0.05, 0.1) is 22.6 Å². The molecule has 1 heterocycles. The molecular formula is C12H15BrN2O3. The molecule has 1 saturated heterocycles. The molecule has 0 atom stereocenters. The molecule has 0 radical (unpaired) electrons. The van der Waals surface area contributed by atoms with Gasteiger partial charge in [-0.15, -0.1) is 0 Å². The number of rotatable bonds is 5. The summed E-state index contributed by atoms with van der Waals surface area (Å²) < 4.78 is 5.73. The Morgan fingerprint density at radius 2 is 2.28 bits per heavy atom. The van der Waals surface area contributed by atoms with Crippen molar-refractivity contribution >= 4 is 21.6 Å². The van der Waals surface area contributed by atoms with Crippen molar-refractivity contribution in [2.45, 2.75) is 13.5 Å². The van der Waals surface area contributed by atoms with Crippen molar-refractivity contribution in [3.05, 3.63) is 38.3 Å². The topological polar surface area (TPSA) is 64.4 Å². The fourth-order valence-electron chi connectivity index (χ4n) is 1.90. The highest BCUT2D eigenvalue weighted by Gasteiger charge is 2.32. The summed E-state index contributed by atoms with van der Waals surface area (Å²) in [6, 6.07) is 5.08. The first kappa shape index (κ1) is 13.5. The predicted molar refractivity (Wildman–Crippen MR) is 71.4 cm³/mol. The Morgan fingerprint density at radius 1 is 1.56 bits per heavy atom. The van der Waals surface area contributed by atoms with E-state index >= 15 is 0 Å². The van der Waals surface area contributed by atoms with Crippen molar-refractivity contribution in [3.8, 4) is 0 Å². The monoisotopic (exact) mass is 314 g/mol. The van der Waals surface area contributed by atoms with Crippen LogP contribution in [0.5, 0.6) is 0 Å². The first-order valence-corrected chi connectivity index (χ1v) is 6.51. The molecule has 5 nitrogen and oxygen atoms in total. The number of hydrogen-bond acceptors (Lipinski definition) is 4. The van der Waals surface area contributed by atoms with E-state index in [2.05, 4.69) is 28.2 Å². The summed E-state index contributed by atoms with van der Waals surface area (Å²) in [4.78, 5) is 10.4. The van der Waals surface area contributed by atoms with Gasteiger partial charge in [-0.2, -0.15) is 0 Å². The van der Waals surface area contributed by atoms with E-state index in [1.165, 1.54) is 6.07 Å². The van der Waals surface area contributed by atoms with E-state index in [9.17, 15) is 10.1 Å².